The molecule has 0 unspecified atom stereocenters. The molecule has 0 aliphatic carbocycles. The van der Waals surface area contributed by atoms with Gasteiger partial charge in [-0.05, 0) is 61.2 Å². The first-order valence-corrected chi connectivity index (χ1v) is 8.35. The van der Waals surface area contributed by atoms with Crippen LogP contribution in [0.4, 0.5) is 0 Å². The molecule has 2 heteroatoms. The third-order valence-corrected chi connectivity index (χ3v) is 4.74. The molecule has 0 aromatic heterocycles. The highest BCUT2D eigenvalue weighted by atomic mass is 32.2. The molecule has 0 aliphatic heterocycles. The number of hydrogen-bond acceptors (Lipinski definition) is 2. The lowest BCUT2D eigenvalue weighted by Crippen LogP contribution is -2.22. The van der Waals surface area contributed by atoms with E-state index < -0.39 is 0 Å². The SMILES string of the molecule is Cc1ccc(C)c(Sc2ccc(CNC(C)C)c(C)c2)c1. The van der Waals surface area contributed by atoms with Crippen molar-refractivity contribution in [3.8, 4) is 0 Å². The van der Waals surface area contributed by atoms with Crippen LogP contribution >= 0.6 is 11.8 Å². The molecule has 0 heterocycles. The average molecular weight is 299 g/mol. The van der Waals surface area contributed by atoms with E-state index in [-0.39, 0.29) is 0 Å². The minimum absolute atomic E-state index is 0.522. The predicted octanol–water partition coefficient (Wildman–Crippen LogP) is 5.26. The molecule has 21 heavy (non-hydrogen) atoms. The van der Waals surface area contributed by atoms with Gasteiger partial charge in [0.2, 0.25) is 0 Å². The van der Waals surface area contributed by atoms with E-state index in [1.165, 1.54) is 32.0 Å². The molecule has 0 fully saturated rings. The van der Waals surface area contributed by atoms with Crippen molar-refractivity contribution in [1.82, 2.24) is 5.32 Å². The molecule has 0 amide bonds. The van der Waals surface area contributed by atoms with Gasteiger partial charge in [0.1, 0.15) is 0 Å². The van der Waals surface area contributed by atoms with Crippen LogP contribution in [0.2, 0.25) is 0 Å². The summed E-state index contributed by atoms with van der Waals surface area (Å²) in [6, 6.07) is 13.9. The molecule has 0 atom stereocenters. The smallest absolute Gasteiger partial charge is 0.0210 e. The molecule has 0 spiro atoms. The topological polar surface area (TPSA) is 12.0 Å². The Labute approximate surface area is 133 Å². The van der Waals surface area contributed by atoms with Gasteiger partial charge in [0.15, 0.2) is 0 Å². The molecule has 2 aromatic carbocycles. The fourth-order valence-electron chi connectivity index (χ4n) is 2.19. The van der Waals surface area contributed by atoms with E-state index in [0.717, 1.165) is 6.54 Å². The maximum atomic E-state index is 3.48. The second-order valence-corrected chi connectivity index (χ2v) is 7.11. The van der Waals surface area contributed by atoms with Gasteiger partial charge >= 0.3 is 0 Å². The Morgan fingerprint density at radius 1 is 0.952 bits per heavy atom. The number of aryl methyl sites for hydroxylation is 3. The molecule has 1 nitrogen and oxygen atoms in total. The Morgan fingerprint density at radius 2 is 1.71 bits per heavy atom. The molecule has 0 radical (unpaired) electrons. The number of rotatable bonds is 5. The fraction of sp³-hybridized carbons (Fsp3) is 0.368. The van der Waals surface area contributed by atoms with Crippen LogP contribution in [0.25, 0.3) is 0 Å². The molecule has 0 saturated heterocycles. The molecule has 2 aromatic rings. The van der Waals surface area contributed by atoms with Crippen LogP contribution in [-0.4, -0.2) is 6.04 Å². The van der Waals surface area contributed by atoms with Gasteiger partial charge in [0.05, 0.1) is 0 Å². The zero-order valence-corrected chi connectivity index (χ0v) is 14.5. The maximum Gasteiger partial charge on any atom is 0.0210 e. The fourth-order valence-corrected chi connectivity index (χ4v) is 3.29. The number of hydrogen-bond donors (Lipinski definition) is 1. The molecule has 112 valence electrons. The Balaban J connectivity index is 2.14. The van der Waals surface area contributed by atoms with Gasteiger partial charge in [-0.15, -0.1) is 0 Å². The van der Waals surface area contributed by atoms with Crippen LogP contribution in [-0.2, 0) is 6.54 Å². The van der Waals surface area contributed by atoms with Gasteiger partial charge in [0.25, 0.3) is 0 Å². The lowest BCUT2D eigenvalue weighted by atomic mass is 10.1. The van der Waals surface area contributed by atoms with Crippen molar-refractivity contribution in [1.29, 1.82) is 0 Å². The van der Waals surface area contributed by atoms with E-state index in [4.69, 9.17) is 0 Å². The van der Waals surface area contributed by atoms with Crippen molar-refractivity contribution < 1.29 is 0 Å². The summed E-state index contributed by atoms with van der Waals surface area (Å²) in [5.41, 5.74) is 5.40. The minimum Gasteiger partial charge on any atom is -0.310 e. The van der Waals surface area contributed by atoms with Crippen LogP contribution < -0.4 is 5.32 Å². The number of nitrogens with one attached hydrogen (secondary N) is 1. The summed E-state index contributed by atoms with van der Waals surface area (Å²) >= 11 is 1.86. The summed E-state index contributed by atoms with van der Waals surface area (Å²) < 4.78 is 0. The van der Waals surface area contributed by atoms with Gasteiger partial charge in [-0.2, -0.15) is 0 Å². The quantitative estimate of drug-likeness (QED) is 0.808. The molecule has 0 bridgehead atoms. The second kappa shape index (κ2) is 7.15. The number of benzene rings is 2. The van der Waals surface area contributed by atoms with Crippen molar-refractivity contribution in [2.24, 2.45) is 0 Å². The Morgan fingerprint density at radius 3 is 2.38 bits per heavy atom. The first-order chi connectivity index (χ1) is 9.95. The molecule has 0 saturated carbocycles. The molecular formula is C19H25NS. The van der Waals surface area contributed by atoms with E-state index in [2.05, 4.69) is 76.3 Å². The lowest BCUT2D eigenvalue weighted by molar-refractivity contribution is 0.587. The predicted molar refractivity (Wildman–Crippen MR) is 93.2 cm³/mol. The average Bonchev–Trinajstić information content (AvgIpc) is 2.42. The van der Waals surface area contributed by atoms with Crippen molar-refractivity contribution in [3.63, 3.8) is 0 Å². The highest BCUT2D eigenvalue weighted by Gasteiger charge is 2.05. The summed E-state index contributed by atoms with van der Waals surface area (Å²) in [4.78, 5) is 2.66. The zero-order valence-electron chi connectivity index (χ0n) is 13.7. The van der Waals surface area contributed by atoms with Gasteiger partial charge in [0, 0.05) is 22.4 Å². The van der Waals surface area contributed by atoms with Crippen molar-refractivity contribution >= 4 is 11.8 Å². The van der Waals surface area contributed by atoms with Crippen LogP contribution in [0.1, 0.15) is 36.1 Å². The van der Waals surface area contributed by atoms with Gasteiger partial charge in [-0.1, -0.05) is 43.8 Å². The summed E-state index contributed by atoms with van der Waals surface area (Å²) in [5.74, 6) is 0. The maximum absolute atomic E-state index is 3.48. The van der Waals surface area contributed by atoms with E-state index >= 15 is 0 Å². The van der Waals surface area contributed by atoms with E-state index in [9.17, 15) is 0 Å². The van der Waals surface area contributed by atoms with E-state index in [1.54, 1.807) is 0 Å². The molecular weight excluding hydrogens is 274 g/mol. The van der Waals surface area contributed by atoms with Crippen molar-refractivity contribution in [3.05, 3.63) is 58.7 Å². The monoisotopic (exact) mass is 299 g/mol. The minimum atomic E-state index is 0.522. The summed E-state index contributed by atoms with van der Waals surface area (Å²) in [7, 11) is 0. The highest BCUT2D eigenvalue weighted by molar-refractivity contribution is 7.99. The van der Waals surface area contributed by atoms with Crippen molar-refractivity contribution in [2.45, 2.75) is 57.0 Å². The normalized spacial score (nSPS) is 11.1. The second-order valence-electron chi connectivity index (χ2n) is 5.99. The Hall–Kier alpha value is -1.25. The molecule has 1 N–H and O–H groups in total. The summed E-state index contributed by atoms with van der Waals surface area (Å²) in [5, 5.41) is 3.48. The van der Waals surface area contributed by atoms with Crippen molar-refractivity contribution in [2.75, 3.05) is 0 Å². The Bertz CT molecular complexity index is 617. The highest BCUT2D eigenvalue weighted by Crippen LogP contribution is 2.32. The van der Waals surface area contributed by atoms with Gasteiger partial charge in [-0.25, -0.2) is 0 Å². The first kappa shape index (κ1) is 16.1. The summed E-state index contributed by atoms with van der Waals surface area (Å²) in [6.45, 7) is 11.8. The van der Waals surface area contributed by atoms with E-state index in [1.807, 2.05) is 11.8 Å². The Kier molecular flexibility index (Phi) is 5.49. The zero-order chi connectivity index (χ0) is 15.4. The molecule has 2 rings (SSSR count). The van der Waals surface area contributed by atoms with Crippen LogP contribution in [0.15, 0.2) is 46.2 Å². The summed E-state index contributed by atoms with van der Waals surface area (Å²) in [6.07, 6.45) is 0. The van der Waals surface area contributed by atoms with Crippen LogP contribution in [0.5, 0.6) is 0 Å². The lowest BCUT2D eigenvalue weighted by Gasteiger charge is -2.12. The standard InChI is InChI=1S/C19H25NS/c1-13(2)20-12-17-8-9-18(11-16(17)5)21-19-10-14(3)6-7-15(19)4/h6-11,13,20H,12H2,1-5H3. The van der Waals surface area contributed by atoms with Crippen LogP contribution in [0, 0.1) is 20.8 Å². The third kappa shape index (κ3) is 4.62. The first-order valence-electron chi connectivity index (χ1n) is 7.53. The van der Waals surface area contributed by atoms with E-state index in [0.29, 0.717) is 6.04 Å². The third-order valence-electron chi connectivity index (χ3n) is 3.59. The van der Waals surface area contributed by atoms with Gasteiger partial charge < -0.3 is 5.32 Å². The van der Waals surface area contributed by atoms with Gasteiger partial charge in [-0.3, -0.25) is 0 Å². The van der Waals surface area contributed by atoms with Crippen LogP contribution in [0.3, 0.4) is 0 Å². The largest absolute Gasteiger partial charge is 0.310 e. The molecule has 0 aliphatic rings.